The van der Waals surface area contributed by atoms with E-state index >= 15 is 0 Å². The first kappa shape index (κ1) is 23.7. The van der Waals surface area contributed by atoms with E-state index in [1.807, 2.05) is 18.4 Å². The summed E-state index contributed by atoms with van der Waals surface area (Å²) in [7, 11) is 1.83. The molecular weight excluding hydrogens is 406 g/mol. The second kappa shape index (κ2) is 12.8. The van der Waals surface area contributed by atoms with Gasteiger partial charge in [0.15, 0.2) is 5.96 Å². The summed E-state index contributed by atoms with van der Waals surface area (Å²) in [6, 6.07) is 13.6. The third-order valence-electron chi connectivity index (χ3n) is 5.83. The molecule has 7 heteroatoms. The average molecular weight is 444 g/mol. The van der Waals surface area contributed by atoms with Gasteiger partial charge in [0.05, 0.1) is 19.3 Å². The van der Waals surface area contributed by atoms with Gasteiger partial charge in [0.1, 0.15) is 0 Å². The Morgan fingerprint density at radius 3 is 2.42 bits per heavy atom. The fourth-order valence-electron chi connectivity index (χ4n) is 3.85. The van der Waals surface area contributed by atoms with Crippen molar-refractivity contribution in [1.82, 2.24) is 20.4 Å². The molecule has 1 fully saturated rings. The van der Waals surface area contributed by atoms with Gasteiger partial charge in [-0.1, -0.05) is 44.2 Å². The number of rotatable bonds is 10. The summed E-state index contributed by atoms with van der Waals surface area (Å²) >= 11 is 1.82. The van der Waals surface area contributed by atoms with Gasteiger partial charge in [-0.15, -0.1) is 11.3 Å². The number of ether oxygens (including phenoxy) is 1. The molecule has 3 rings (SSSR count). The Morgan fingerprint density at radius 2 is 1.81 bits per heavy atom. The Labute approximate surface area is 191 Å². The molecule has 2 aromatic rings. The SMILES string of the molecule is CCN(CC)Cc1ccc(CNC(=NC)NCC(c2cccs2)N2CCOCC2)cc1. The Hall–Kier alpha value is -1.93. The van der Waals surface area contributed by atoms with Crippen molar-refractivity contribution in [3.05, 3.63) is 57.8 Å². The van der Waals surface area contributed by atoms with Gasteiger partial charge in [-0.2, -0.15) is 0 Å². The second-order valence-electron chi connectivity index (χ2n) is 7.76. The monoisotopic (exact) mass is 443 g/mol. The molecule has 1 aromatic heterocycles. The fraction of sp³-hybridized carbons (Fsp3) is 0.542. The van der Waals surface area contributed by atoms with Crippen LogP contribution in [-0.2, 0) is 17.8 Å². The predicted molar refractivity (Wildman–Crippen MR) is 131 cm³/mol. The van der Waals surface area contributed by atoms with Crippen LogP contribution in [0.25, 0.3) is 0 Å². The number of guanidine groups is 1. The molecule has 6 nitrogen and oxygen atoms in total. The van der Waals surface area contributed by atoms with Crippen LogP contribution in [0.3, 0.4) is 0 Å². The number of hydrogen-bond donors (Lipinski definition) is 2. The van der Waals surface area contributed by atoms with E-state index in [2.05, 4.69) is 81.1 Å². The van der Waals surface area contributed by atoms with Crippen molar-refractivity contribution in [2.24, 2.45) is 4.99 Å². The highest BCUT2D eigenvalue weighted by Crippen LogP contribution is 2.25. The van der Waals surface area contributed by atoms with Gasteiger partial charge in [0.2, 0.25) is 0 Å². The van der Waals surface area contributed by atoms with E-state index in [1.165, 1.54) is 16.0 Å². The van der Waals surface area contributed by atoms with E-state index in [0.717, 1.165) is 65.0 Å². The Balaban J connectivity index is 1.51. The molecule has 31 heavy (non-hydrogen) atoms. The summed E-state index contributed by atoms with van der Waals surface area (Å²) in [5, 5.41) is 9.15. The first-order chi connectivity index (χ1) is 15.2. The third-order valence-corrected chi connectivity index (χ3v) is 6.80. The van der Waals surface area contributed by atoms with Crippen LogP contribution < -0.4 is 10.6 Å². The molecule has 170 valence electrons. The van der Waals surface area contributed by atoms with Crippen LogP contribution in [-0.4, -0.2) is 68.7 Å². The van der Waals surface area contributed by atoms with Crippen molar-refractivity contribution < 1.29 is 4.74 Å². The molecule has 1 saturated heterocycles. The van der Waals surface area contributed by atoms with Crippen molar-refractivity contribution in [3.8, 4) is 0 Å². The minimum Gasteiger partial charge on any atom is -0.379 e. The highest BCUT2D eigenvalue weighted by molar-refractivity contribution is 7.10. The van der Waals surface area contributed by atoms with E-state index in [9.17, 15) is 0 Å². The first-order valence-corrected chi connectivity index (χ1v) is 12.2. The molecule has 0 radical (unpaired) electrons. The Bertz CT molecular complexity index is 768. The lowest BCUT2D eigenvalue weighted by Gasteiger charge is -2.34. The van der Waals surface area contributed by atoms with Crippen LogP contribution in [0.15, 0.2) is 46.8 Å². The van der Waals surface area contributed by atoms with Gasteiger partial charge in [-0.05, 0) is 35.7 Å². The number of aliphatic imine (C=N–C) groups is 1. The number of nitrogens with one attached hydrogen (secondary N) is 2. The predicted octanol–water partition coefficient (Wildman–Crippen LogP) is 3.33. The molecule has 1 atom stereocenters. The van der Waals surface area contributed by atoms with E-state index in [0.29, 0.717) is 6.04 Å². The molecule has 0 spiro atoms. The standard InChI is InChI=1S/C24H37N5OS/c1-4-28(5-2)19-21-10-8-20(9-11-21)17-26-24(25-3)27-18-22(23-7-6-16-31-23)29-12-14-30-15-13-29/h6-11,16,22H,4-5,12-15,17-19H2,1-3H3,(H2,25,26,27). The zero-order valence-electron chi connectivity index (χ0n) is 19.1. The lowest BCUT2D eigenvalue weighted by atomic mass is 10.1. The molecule has 0 aliphatic carbocycles. The average Bonchev–Trinajstić information content (AvgIpc) is 3.35. The quantitative estimate of drug-likeness (QED) is 0.436. The molecule has 0 bridgehead atoms. The van der Waals surface area contributed by atoms with Crippen molar-refractivity contribution in [2.75, 3.05) is 53.0 Å². The third kappa shape index (κ3) is 7.31. The highest BCUT2D eigenvalue weighted by Gasteiger charge is 2.23. The van der Waals surface area contributed by atoms with Crippen LogP contribution >= 0.6 is 11.3 Å². The van der Waals surface area contributed by atoms with Gasteiger partial charge >= 0.3 is 0 Å². The van der Waals surface area contributed by atoms with Crippen LogP contribution in [0.4, 0.5) is 0 Å². The lowest BCUT2D eigenvalue weighted by molar-refractivity contribution is 0.0177. The normalized spacial score (nSPS) is 16.5. The smallest absolute Gasteiger partial charge is 0.191 e. The molecule has 0 saturated carbocycles. The van der Waals surface area contributed by atoms with Crippen LogP contribution in [0.5, 0.6) is 0 Å². The molecule has 1 aromatic carbocycles. The molecule has 1 unspecified atom stereocenters. The van der Waals surface area contributed by atoms with Crippen molar-refractivity contribution in [3.63, 3.8) is 0 Å². The Kier molecular flexibility index (Phi) is 9.81. The van der Waals surface area contributed by atoms with Crippen molar-refractivity contribution in [2.45, 2.75) is 33.0 Å². The zero-order chi connectivity index (χ0) is 21.9. The van der Waals surface area contributed by atoms with Crippen LogP contribution in [0.2, 0.25) is 0 Å². The summed E-state index contributed by atoms with van der Waals surface area (Å²) in [6.07, 6.45) is 0. The summed E-state index contributed by atoms with van der Waals surface area (Å²) in [6.45, 7) is 12.7. The minimum absolute atomic E-state index is 0.335. The van der Waals surface area contributed by atoms with E-state index in [1.54, 1.807) is 0 Å². The molecule has 2 N–H and O–H groups in total. The second-order valence-corrected chi connectivity index (χ2v) is 8.74. The van der Waals surface area contributed by atoms with E-state index in [-0.39, 0.29) is 0 Å². The molecule has 2 heterocycles. The Morgan fingerprint density at radius 1 is 1.10 bits per heavy atom. The van der Waals surface area contributed by atoms with Gasteiger partial charge < -0.3 is 15.4 Å². The lowest BCUT2D eigenvalue weighted by Crippen LogP contribution is -2.46. The number of benzene rings is 1. The summed E-state index contributed by atoms with van der Waals surface area (Å²) in [4.78, 5) is 10.7. The molecule has 1 aliphatic rings. The van der Waals surface area contributed by atoms with Gasteiger partial charge in [-0.25, -0.2) is 0 Å². The zero-order valence-corrected chi connectivity index (χ0v) is 20.0. The molecular formula is C24H37N5OS. The summed E-state index contributed by atoms with van der Waals surface area (Å²) in [5.41, 5.74) is 2.62. The van der Waals surface area contributed by atoms with Gasteiger partial charge in [0, 0.05) is 44.6 Å². The number of morpholine rings is 1. The maximum absolute atomic E-state index is 5.55. The van der Waals surface area contributed by atoms with E-state index in [4.69, 9.17) is 4.74 Å². The van der Waals surface area contributed by atoms with Crippen molar-refractivity contribution in [1.29, 1.82) is 0 Å². The maximum atomic E-state index is 5.55. The topological polar surface area (TPSA) is 52.1 Å². The summed E-state index contributed by atoms with van der Waals surface area (Å²) in [5.74, 6) is 0.835. The van der Waals surface area contributed by atoms with Gasteiger partial charge in [0.25, 0.3) is 0 Å². The number of thiophene rings is 1. The van der Waals surface area contributed by atoms with Crippen LogP contribution in [0.1, 0.15) is 35.9 Å². The molecule has 0 amide bonds. The first-order valence-electron chi connectivity index (χ1n) is 11.3. The molecule has 1 aliphatic heterocycles. The van der Waals surface area contributed by atoms with E-state index < -0.39 is 0 Å². The van der Waals surface area contributed by atoms with Crippen LogP contribution in [0, 0.1) is 0 Å². The van der Waals surface area contributed by atoms with Crippen molar-refractivity contribution >= 4 is 17.3 Å². The van der Waals surface area contributed by atoms with Gasteiger partial charge in [-0.3, -0.25) is 14.8 Å². The largest absolute Gasteiger partial charge is 0.379 e. The maximum Gasteiger partial charge on any atom is 0.191 e. The number of nitrogens with zero attached hydrogens (tertiary/aromatic N) is 3. The highest BCUT2D eigenvalue weighted by atomic mass is 32.1. The fourth-order valence-corrected chi connectivity index (χ4v) is 4.71. The summed E-state index contributed by atoms with van der Waals surface area (Å²) < 4.78 is 5.55. The number of hydrogen-bond acceptors (Lipinski definition) is 5. The minimum atomic E-state index is 0.335.